The summed E-state index contributed by atoms with van der Waals surface area (Å²) in [5.41, 5.74) is 2.57. The highest BCUT2D eigenvalue weighted by atomic mass is 32.2. The smallest absolute Gasteiger partial charge is 0.208 e. The SMILES string of the molecule is Cc1ccc(CN2C[C@@H]3[C@H](CNS(C)(=O)=O)[C@H]4CC[C@]3(C2)O4)cc1. The average molecular weight is 350 g/mol. The van der Waals surface area contributed by atoms with E-state index in [1.54, 1.807) is 0 Å². The highest BCUT2D eigenvalue weighted by Crippen LogP contribution is 2.54. The summed E-state index contributed by atoms with van der Waals surface area (Å²) in [4.78, 5) is 2.48. The van der Waals surface area contributed by atoms with Crippen molar-refractivity contribution >= 4 is 10.0 Å². The van der Waals surface area contributed by atoms with Crippen LogP contribution in [0.5, 0.6) is 0 Å². The van der Waals surface area contributed by atoms with Crippen molar-refractivity contribution in [3.8, 4) is 0 Å². The van der Waals surface area contributed by atoms with E-state index in [9.17, 15) is 8.42 Å². The van der Waals surface area contributed by atoms with Crippen LogP contribution in [0.15, 0.2) is 24.3 Å². The Morgan fingerprint density at radius 2 is 2.08 bits per heavy atom. The van der Waals surface area contributed by atoms with Crippen LogP contribution in [-0.2, 0) is 21.3 Å². The van der Waals surface area contributed by atoms with Crippen LogP contribution in [0.3, 0.4) is 0 Å². The van der Waals surface area contributed by atoms with E-state index < -0.39 is 10.0 Å². The van der Waals surface area contributed by atoms with Gasteiger partial charge in [-0.25, -0.2) is 13.1 Å². The molecule has 4 rings (SSSR count). The number of hydrogen-bond donors (Lipinski definition) is 1. The monoisotopic (exact) mass is 350 g/mol. The molecule has 4 atom stereocenters. The largest absolute Gasteiger partial charge is 0.370 e. The van der Waals surface area contributed by atoms with Crippen LogP contribution in [-0.4, -0.2) is 50.9 Å². The van der Waals surface area contributed by atoms with E-state index in [0.29, 0.717) is 18.4 Å². The summed E-state index contributed by atoms with van der Waals surface area (Å²) in [6, 6.07) is 8.71. The molecular formula is C18H26N2O3S. The zero-order valence-corrected chi connectivity index (χ0v) is 15.2. The molecule has 1 aromatic carbocycles. The highest BCUT2D eigenvalue weighted by Gasteiger charge is 2.62. The first-order valence-electron chi connectivity index (χ1n) is 8.75. The average Bonchev–Trinajstić information content (AvgIpc) is 3.14. The third kappa shape index (κ3) is 3.01. The van der Waals surface area contributed by atoms with Crippen molar-refractivity contribution in [3.05, 3.63) is 35.4 Å². The zero-order chi connectivity index (χ0) is 16.9. The van der Waals surface area contributed by atoms with E-state index in [4.69, 9.17) is 4.74 Å². The fourth-order valence-corrected chi connectivity index (χ4v) is 5.37. The number of aryl methyl sites for hydroxylation is 1. The van der Waals surface area contributed by atoms with Crippen LogP contribution in [0.25, 0.3) is 0 Å². The lowest BCUT2D eigenvalue weighted by atomic mass is 9.74. The van der Waals surface area contributed by atoms with Crippen LogP contribution >= 0.6 is 0 Å². The van der Waals surface area contributed by atoms with Crippen molar-refractivity contribution < 1.29 is 13.2 Å². The number of ether oxygens (including phenoxy) is 1. The standard InChI is InChI=1S/C18H26N2O3S/c1-13-3-5-14(6-4-13)10-20-11-16-15(9-19-24(2,21)22)17-7-8-18(16,12-20)23-17/h3-6,15-17,19H,7-12H2,1-2H3/t15-,16+,17+,18+/m0/s1. The van der Waals surface area contributed by atoms with Crippen molar-refractivity contribution in [1.29, 1.82) is 0 Å². The van der Waals surface area contributed by atoms with Crippen molar-refractivity contribution in [3.63, 3.8) is 0 Å². The third-order valence-electron chi connectivity index (χ3n) is 5.96. The third-order valence-corrected chi connectivity index (χ3v) is 6.65. The molecule has 2 bridgehead atoms. The minimum atomic E-state index is -3.14. The second kappa shape index (κ2) is 5.80. The summed E-state index contributed by atoms with van der Waals surface area (Å²) in [5.74, 6) is 0.743. The molecule has 5 nitrogen and oxygen atoms in total. The molecule has 132 valence electrons. The van der Waals surface area contributed by atoms with Gasteiger partial charge in [0.15, 0.2) is 0 Å². The molecule has 1 N–H and O–H groups in total. The number of nitrogens with one attached hydrogen (secondary N) is 1. The predicted octanol–water partition coefficient (Wildman–Crippen LogP) is 1.52. The Labute approximate surface area is 144 Å². The molecule has 3 aliphatic rings. The van der Waals surface area contributed by atoms with Gasteiger partial charge in [-0.2, -0.15) is 0 Å². The topological polar surface area (TPSA) is 58.6 Å². The number of sulfonamides is 1. The van der Waals surface area contributed by atoms with E-state index >= 15 is 0 Å². The maximum absolute atomic E-state index is 11.5. The lowest BCUT2D eigenvalue weighted by Gasteiger charge is -2.29. The van der Waals surface area contributed by atoms with E-state index in [0.717, 1.165) is 32.5 Å². The number of hydrogen-bond acceptors (Lipinski definition) is 4. The molecule has 0 aliphatic carbocycles. The second-order valence-electron chi connectivity index (χ2n) is 7.81. The maximum atomic E-state index is 11.5. The van der Waals surface area contributed by atoms with Gasteiger partial charge in [-0.15, -0.1) is 0 Å². The van der Waals surface area contributed by atoms with Gasteiger partial charge in [-0.05, 0) is 25.3 Å². The molecule has 3 aliphatic heterocycles. The molecular weight excluding hydrogens is 324 g/mol. The van der Waals surface area contributed by atoms with E-state index in [2.05, 4.69) is 40.8 Å². The molecule has 24 heavy (non-hydrogen) atoms. The van der Waals surface area contributed by atoms with Crippen molar-refractivity contribution in [2.45, 2.75) is 38.0 Å². The lowest BCUT2D eigenvalue weighted by molar-refractivity contribution is 0.00220. The van der Waals surface area contributed by atoms with Gasteiger partial charge >= 0.3 is 0 Å². The van der Waals surface area contributed by atoms with Crippen molar-refractivity contribution in [2.75, 3.05) is 25.9 Å². The highest BCUT2D eigenvalue weighted by molar-refractivity contribution is 7.88. The summed E-state index contributed by atoms with van der Waals surface area (Å²) in [7, 11) is -3.14. The molecule has 1 spiro atoms. The first kappa shape index (κ1) is 16.5. The van der Waals surface area contributed by atoms with Crippen LogP contribution in [0.4, 0.5) is 0 Å². The molecule has 3 heterocycles. The minimum absolute atomic E-state index is 0.0424. The van der Waals surface area contributed by atoms with Gasteiger partial charge in [0.1, 0.15) is 0 Å². The summed E-state index contributed by atoms with van der Waals surface area (Å²) in [5, 5.41) is 0. The van der Waals surface area contributed by atoms with Gasteiger partial charge in [0.2, 0.25) is 10.0 Å². The van der Waals surface area contributed by atoms with E-state index in [1.807, 2.05) is 0 Å². The Kier molecular flexibility index (Phi) is 3.99. The molecule has 3 fully saturated rings. The minimum Gasteiger partial charge on any atom is -0.370 e. The summed E-state index contributed by atoms with van der Waals surface area (Å²) in [6.07, 6.45) is 3.63. The quantitative estimate of drug-likeness (QED) is 0.875. The molecule has 0 saturated carbocycles. The fraction of sp³-hybridized carbons (Fsp3) is 0.667. The number of likely N-dealkylation sites (tertiary alicyclic amines) is 1. The van der Waals surface area contributed by atoms with Gasteiger partial charge in [0.05, 0.1) is 18.0 Å². The molecule has 1 aromatic rings. The molecule has 3 saturated heterocycles. The van der Waals surface area contributed by atoms with Gasteiger partial charge < -0.3 is 4.74 Å². The molecule has 0 amide bonds. The van der Waals surface area contributed by atoms with Crippen LogP contribution in [0.2, 0.25) is 0 Å². The Morgan fingerprint density at radius 3 is 2.79 bits per heavy atom. The Bertz CT molecular complexity index is 718. The number of benzene rings is 1. The Hall–Kier alpha value is -0.950. The van der Waals surface area contributed by atoms with Gasteiger partial charge in [-0.3, -0.25) is 4.90 Å². The number of nitrogens with zero attached hydrogens (tertiary/aromatic N) is 1. The Morgan fingerprint density at radius 1 is 1.33 bits per heavy atom. The normalized spacial score (nSPS) is 35.5. The number of fused-ring (bicyclic) bond motifs is 1. The predicted molar refractivity (Wildman–Crippen MR) is 93.1 cm³/mol. The summed E-state index contributed by atoms with van der Waals surface area (Å²) in [6.45, 7) is 5.53. The fourth-order valence-electron chi connectivity index (χ4n) is 4.88. The molecule has 0 radical (unpaired) electrons. The molecule has 6 heteroatoms. The molecule has 0 aromatic heterocycles. The van der Waals surface area contributed by atoms with E-state index in [1.165, 1.54) is 17.4 Å². The second-order valence-corrected chi connectivity index (χ2v) is 9.64. The van der Waals surface area contributed by atoms with E-state index in [-0.39, 0.29) is 11.7 Å². The van der Waals surface area contributed by atoms with Crippen molar-refractivity contribution in [2.24, 2.45) is 11.8 Å². The molecule has 0 unspecified atom stereocenters. The van der Waals surface area contributed by atoms with Crippen LogP contribution < -0.4 is 4.72 Å². The summed E-state index contributed by atoms with van der Waals surface area (Å²) < 4.78 is 32.0. The van der Waals surface area contributed by atoms with Crippen LogP contribution in [0.1, 0.15) is 24.0 Å². The lowest BCUT2D eigenvalue weighted by Crippen LogP contribution is -2.41. The van der Waals surface area contributed by atoms with Crippen molar-refractivity contribution in [1.82, 2.24) is 9.62 Å². The zero-order valence-electron chi connectivity index (χ0n) is 14.4. The summed E-state index contributed by atoms with van der Waals surface area (Å²) >= 11 is 0. The maximum Gasteiger partial charge on any atom is 0.208 e. The first-order chi connectivity index (χ1) is 11.3. The van der Waals surface area contributed by atoms with Crippen LogP contribution in [0, 0.1) is 18.8 Å². The first-order valence-corrected chi connectivity index (χ1v) is 10.6. The van der Waals surface area contributed by atoms with Gasteiger partial charge in [0, 0.05) is 38.0 Å². The number of rotatable bonds is 5. The van der Waals surface area contributed by atoms with Gasteiger partial charge in [-0.1, -0.05) is 29.8 Å². The Balaban J connectivity index is 1.45. The van der Waals surface area contributed by atoms with Gasteiger partial charge in [0.25, 0.3) is 0 Å².